The lowest BCUT2D eigenvalue weighted by Crippen LogP contribution is -2.30. The van der Waals surface area contributed by atoms with E-state index in [-0.39, 0.29) is 0 Å². The summed E-state index contributed by atoms with van der Waals surface area (Å²) in [6.07, 6.45) is 13.2. The molecule has 0 bridgehead atoms. The molecule has 3 heterocycles. The van der Waals surface area contributed by atoms with Gasteiger partial charge in [0.25, 0.3) is 0 Å². The number of anilines is 2. The molecule has 164 valence electrons. The van der Waals surface area contributed by atoms with Gasteiger partial charge in [0.2, 0.25) is 11.8 Å². The molecule has 0 amide bonds. The Morgan fingerprint density at radius 1 is 1.16 bits per heavy atom. The second kappa shape index (κ2) is 9.78. The quantitative estimate of drug-likeness (QED) is 0.552. The molecule has 0 aliphatic heterocycles. The van der Waals surface area contributed by atoms with Gasteiger partial charge in [0, 0.05) is 36.7 Å². The van der Waals surface area contributed by atoms with Crippen molar-refractivity contribution < 1.29 is 9.47 Å². The van der Waals surface area contributed by atoms with Crippen LogP contribution in [0.5, 0.6) is 5.88 Å². The number of rotatable bonds is 8. The van der Waals surface area contributed by atoms with Gasteiger partial charge >= 0.3 is 0 Å². The zero-order chi connectivity index (χ0) is 21.6. The normalized spacial score (nSPS) is 19.1. The molecule has 3 aromatic heterocycles. The maximum atomic E-state index is 5.63. The van der Waals surface area contributed by atoms with E-state index in [0.717, 1.165) is 54.6 Å². The predicted molar refractivity (Wildman–Crippen MR) is 122 cm³/mol. The van der Waals surface area contributed by atoms with Gasteiger partial charge in [-0.1, -0.05) is 13.0 Å². The van der Waals surface area contributed by atoms with Crippen molar-refractivity contribution in [2.45, 2.75) is 51.2 Å². The minimum atomic E-state index is 0.342. The third kappa shape index (κ3) is 4.80. The summed E-state index contributed by atoms with van der Waals surface area (Å²) in [5, 5.41) is 11.3. The van der Waals surface area contributed by atoms with E-state index < -0.39 is 0 Å². The fourth-order valence-corrected chi connectivity index (χ4v) is 3.95. The van der Waals surface area contributed by atoms with Crippen molar-refractivity contribution in [1.29, 1.82) is 0 Å². The van der Waals surface area contributed by atoms with E-state index in [0.29, 0.717) is 24.0 Å². The number of hydrogen-bond donors (Lipinski definition) is 2. The number of fused-ring (bicyclic) bond motifs is 1. The highest BCUT2D eigenvalue weighted by Crippen LogP contribution is 2.32. The Kier molecular flexibility index (Phi) is 6.66. The summed E-state index contributed by atoms with van der Waals surface area (Å²) in [4.78, 5) is 9.14. The number of aromatic nitrogens is 4. The lowest BCUT2D eigenvalue weighted by Gasteiger charge is -2.28. The van der Waals surface area contributed by atoms with Gasteiger partial charge in [-0.25, -0.2) is 9.50 Å². The van der Waals surface area contributed by atoms with E-state index in [1.54, 1.807) is 14.2 Å². The maximum absolute atomic E-state index is 5.63. The van der Waals surface area contributed by atoms with E-state index >= 15 is 0 Å². The third-order valence-corrected chi connectivity index (χ3v) is 5.67. The molecule has 0 spiro atoms. The first-order valence-electron chi connectivity index (χ1n) is 10.8. The molecule has 1 fully saturated rings. The molecule has 2 N–H and O–H groups in total. The van der Waals surface area contributed by atoms with Crippen molar-refractivity contribution in [3.05, 3.63) is 42.9 Å². The van der Waals surface area contributed by atoms with E-state index in [9.17, 15) is 0 Å². The standard InChI is InChI=1S/C23H30N6O2/c1-4-5-13-24-20-11-6-16(15-25-20)19-12-14-29-21(19)22(31-3)27-23(28-29)26-17-7-9-18(30-2)10-8-17/h5-6,11-15,17-18H,4,7-10H2,1-3H3,(H,24,25)(H,26,28)/b13-5-. The molecule has 8 nitrogen and oxygen atoms in total. The van der Waals surface area contributed by atoms with Crippen LogP contribution in [0.1, 0.15) is 39.0 Å². The largest absolute Gasteiger partial charge is 0.479 e. The highest BCUT2D eigenvalue weighted by molar-refractivity contribution is 5.84. The Balaban J connectivity index is 1.56. The molecule has 4 rings (SSSR count). The smallest absolute Gasteiger partial charge is 0.244 e. The van der Waals surface area contributed by atoms with Crippen LogP contribution in [0.25, 0.3) is 16.6 Å². The SMILES string of the molecule is CC/C=C\Nc1ccc(-c2ccn3nc(NC4CCC(OC)CC4)nc(OC)c23)cn1. The van der Waals surface area contributed by atoms with Crippen LogP contribution < -0.4 is 15.4 Å². The monoisotopic (exact) mass is 422 g/mol. The van der Waals surface area contributed by atoms with E-state index in [2.05, 4.69) is 32.6 Å². The van der Waals surface area contributed by atoms with Gasteiger partial charge in [-0.2, -0.15) is 4.98 Å². The molecule has 0 saturated heterocycles. The van der Waals surface area contributed by atoms with E-state index in [1.165, 1.54) is 0 Å². The second-order valence-electron chi connectivity index (χ2n) is 7.71. The van der Waals surface area contributed by atoms with Crippen LogP contribution in [0, 0.1) is 0 Å². The zero-order valence-corrected chi connectivity index (χ0v) is 18.3. The van der Waals surface area contributed by atoms with Gasteiger partial charge in [-0.05, 0) is 56.5 Å². The number of allylic oxidation sites excluding steroid dienone is 1. The minimum Gasteiger partial charge on any atom is -0.479 e. The first kappa shape index (κ1) is 21.1. The fraction of sp³-hybridized carbons (Fsp3) is 0.435. The minimum absolute atomic E-state index is 0.342. The van der Waals surface area contributed by atoms with Gasteiger partial charge in [-0.3, -0.25) is 0 Å². The highest BCUT2D eigenvalue weighted by atomic mass is 16.5. The zero-order valence-electron chi connectivity index (χ0n) is 18.3. The number of hydrogen-bond acceptors (Lipinski definition) is 7. The van der Waals surface area contributed by atoms with Crippen LogP contribution in [0.4, 0.5) is 11.8 Å². The van der Waals surface area contributed by atoms with Gasteiger partial charge in [0.05, 0.1) is 13.2 Å². The number of pyridine rings is 1. The van der Waals surface area contributed by atoms with Crippen LogP contribution in [0.3, 0.4) is 0 Å². The summed E-state index contributed by atoms with van der Waals surface area (Å²) in [5.41, 5.74) is 2.78. The van der Waals surface area contributed by atoms with Gasteiger partial charge < -0.3 is 20.1 Å². The first-order valence-corrected chi connectivity index (χ1v) is 10.8. The molecule has 31 heavy (non-hydrogen) atoms. The van der Waals surface area contributed by atoms with Crippen LogP contribution in [0.2, 0.25) is 0 Å². The Morgan fingerprint density at radius 3 is 2.68 bits per heavy atom. The molecule has 1 aliphatic carbocycles. The Labute approximate surface area is 182 Å². The summed E-state index contributed by atoms with van der Waals surface area (Å²) in [6, 6.07) is 6.35. The number of methoxy groups -OCH3 is 2. The number of ether oxygens (including phenoxy) is 2. The van der Waals surface area contributed by atoms with Crippen LogP contribution in [-0.2, 0) is 4.74 Å². The van der Waals surface area contributed by atoms with Crippen LogP contribution >= 0.6 is 0 Å². The Morgan fingerprint density at radius 2 is 2.00 bits per heavy atom. The summed E-state index contributed by atoms with van der Waals surface area (Å²) in [6.45, 7) is 2.09. The van der Waals surface area contributed by atoms with Gasteiger partial charge in [0.1, 0.15) is 11.3 Å². The van der Waals surface area contributed by atoms with Crippen molar-refractivity contribution in [2.24, 2.45) is 0 Å². The molecular formula is C23H30N6O2. The van der Waals surface area contributed by atoms with Crippen LogP contribution in [0.15, 0.2) is 42.9 Å². The highest BCUT2D eigenvalue weighted by Gasteiger charge is 2.22. The topological polar surface area (TPSA) is 85.6 Å². The average Bonchev–Trinajstić information content (AvgIpc) is 3.24. The molecule has 1 aliphatic rings. The number of nitrogens with one attached hydrogen (secondary N) is 2. The predicted octanol–water partition coefficient (Wildman–Crippen LogP) is 4.51. The van der Waals surface area contributed by atoms with Crippen LogP contribution in [-0.4, -0.2) is 45.9 Å². The lowest BCUT2D eigenvalue weighted by atomic mass is 9.93. The lowest BCUT2D eigenvalue weighted by molar-refractivity contribution is 0.0681. The van der Waals surface area contributed by atoms with E-state index in [4.69, 9.17) is 9.47 Å². The summed E-state index contributed by atoms with van der Waals surface area (Å²) < 4.78 is 12.9. The molecule has 0 aromatic carbocycles. The Hall–Kier alpha value is -3.13. The molecule has 0 atom stereocenters. The molecule has 1 saturated carbocycles. The van der Waals surface area contributed by atoms with Gasteiger partial charge in [0.15, 0.2) is 0 Å². The summed E-state index contributed by atoms with van der Waals surface area (Å²) in [5.74, 6) is 1.92. The van der Waals surface area contributed by atoms with Crippen molar-refractivity contribution >= 4 is 17.3 Å². The van der Waals surface area contributed by atoms with Crippen molar-refractivity contribution in [3.8, 4) is 17.0 Å². The summed E-state index contributed by atoms with van der Waals surface area (Å²) in [7, 11) is 3.42. The average molecular weight is 423 g/mol. The maximum Gasteiger partial charge on any atom is 0.244 e. The van der Waals surface area contributed by atoms with Gasteiger partial charge in [-0.15, -0.1) is 5.10 Å². The molecule has 8 heteroatoms. The van der Waals surface area contributed by atoms with Crippen molar-refractivity contribution in [3.63, 3.8) is 0 Å². The molecular weight excluding hydrogens is 392 g/mol. The van der Waals surface area contributed by atoms with E-state index in [1.807, 2.05) is 47.4 Å². The number of nitrogens with zero attached hydrogens (tertiary/aromatic N) is 4. The van der Waals surface area contributed by atoms with Crippen molar-refractivity contribution in [2.75, 3.05) is 24.9 Å². The molecule has 0 unspecified atom stereocenters. The van der Waals surface area contributed by atoms with Crippen molar-refractivity contribution in [1.82, 2.24) is 19.6 Å². The second-order valence-corrected chi connectivity index (χ2v) is 7.71. The fourth-order valence-electron chi connectivity index (χ4n) is 3.95. The summed E-state index contributed by atoms with van der Waals surface area (Å²) >= 11 is 0. The molecule has 0 radical (unpaired) electrons. The Bertz CT molecular complexity index is 1020. The third-order valence-electron chi connectivity index (χ3n) is 5.67. The first-order chi connectivity index (χ1) is 15.2. The molecule has 3 aromatic rings.